The minimum atomic E-state index is 0.356. The van der Waals surface area contributed by atoms with Crippen molar-refractivity contribution in [2.75, 3.05) is 26.2 Å². The van der Waals surface area contributed by atoms with Crippen LogP contribution in [-0.2, 0) is 0 Å². The lowest BCUT2D eigenvalue weighted by Gasteiger charge is -2.47. The summed E-state index contributed by atoms with van der Waals surface area (Å²) in [5.74, 6) is 0. The lowest BCUT2D eigenvalue weighted by Crippen LogP contribution is -2.58. The zero-order valence-corrected chi connectivity index (χ0v) is 9.66. The van der Waals surface area contributed by atoms with Crippen molar-refractivity contribution >= 4 is 11.8 Å². The van der Waals surface area contributed by atoms with Crippen LogP contribution < -0.4 is 5.32 Å². The lowest BCUT2D eigenvalue weighted by molar-refractivity contribution is 0.124. The molecule has 2 atom stereocenters. The Kier molecular flexibility index (Phi) is 2.60. The van der Waals surface area contributed by atoms with Crippen LogP contribution in [0.5, 0.6) is 0 Å². The summed E-state index contributed by atoms with van der Waals surface area (Å²) < 4.78 is 0. The summed E-state index contributed by atoms with van der Waals surface area (Å²) >= 11 is 2.19. The summed E-state index contributed by atoms with van der Waals surface area (Å²) in [6.07, 6.45) is 0. The molecular formula is C10H20N2S. The minimum absolute atomic E-state index is 0.356. The highest BCUT2D eigenvalue weighted by Crippen LogP contribution is 2.31. The van der Waals surface area contributed by atoms with E-state index in [9.17, 15) is 0 Å². The second-order valence-corrected chi connectivity index (χ2v) is 6.72. The lowest BCUT2D eigenvalue weighted by atomic mass is 10.0. The number of thioether (sulfide) groups is 1. The third kappa shape index (κ3) is 2.20. The average molecular weight is 200 g/mol. The molecule has 76 valence electrons. The molecule has 0 aromatic heterocycles. The molecule has 2 aliphatic heterocycles. The molecule has 2 saturated heterocycles. The van der Waals surface area contributed by atoms with E-state index in [-0.39, 0.29) is 0 Å². The number of hydrogen-bond donors (Lipinski definition) is 1. The smallest absolute Gasteiger partial charge is 0.0303 e. The van der Waals surface area contributed by atoms with E-state index in [0.717, 1.165) is 10.5 Å². The van der Waals surface area contributed by atoms with E-state index >= 15 is 0 Å². The van der Waals surface area contributed by atoms with Crippen LogP contribution in [0.1, 0.15) is 20.8 Å². The van der Waals surface area contributed by atoms with Crippen molar-refractivity contribution in [3.05, 3.63) is 0 Å². The first-order chi connectivity index (χ1) is 6.05. The summed E-state index contributed by atoms with van der Waals surface area (Å²) in [7, 11) is 0. The molecule has 2 bridgehead atoms. The molecule has 2 unspecified atom stereocenters. The van der Waals surface area contributed by atoms with Crippen LogP contribution in [0, 0.1) is 0 Å². The largest absolute Gasteiger partial charge is 0.314 e. The van der Waals surface area contributed by atoms with Gasteiger partial charge >= 0.3 is 0 Å². The Hall–Kier alpha value is 0.270. The maximum Gasteiger partial charge on any atom is 0.0303 e. The van der Waals surface area contributed by atoms with Gasteiger partial charge in [0, 0.05) is 42.2 Å². The van der Waals surface area contributed by atoms with E-state index < -0.39 is 0 Å². The van der Waals surface area contributed by atoms with Gasteiger partial charge in [-0.2, -0.15) is 0 Å². The first-order valence-corrected chi connectivity index (χ1v) is 6.11. The second-order valence-electron chi connectivity index (χ2n) is 5.11. The highest BCUT2D eigenvalue weighted by atomic mass is 32.2. The maximum absolute atomic E-state index is 3.51. The fourth-order valence-corrected chi connectivity index (χ4v) is 3.61. The van der Waals surface area contributed by atoms with Crippen molar-refractivity contribution in [3.8, 4) is 0 Å². The van der Waals surface area contributed by atoms with Gasteiger partial charge in [0.15, 0.2) is 0 Å². The normalized spacial score (nSPS) is 36.2. The van der Waals surface area contributed by atoms with Gasteiger partial charge < -0.3 is 5.32 Å². The van der Waals surface area contributed by atoms with Crippen LogP contribution in [0.2, 0.25) is 0 Å². The molecule has 0 aromatic rings. The molecular weight excluding hydrogens is 180 g/mol. The van der Waals surface area contributed by atoms with Crippen molar-refractivity contribution in [3.63, 3.8) is 0 Å². The van der Waals surface area contributed by atoms with E-state index in [2.05, 4.69) is 42.7 Å². The zero-order valence-electron chi connectivity index (χ0n) is 8.84. The molecule has 0 aliphatic carbocycles. The van der Waals surface area contributed by atoms with Gasteiger partial charge in [-0.3, -0.25) is 4.90 Å². The summed E-state index contributed by atoms with van der Waals surface area (Å²) in [5, 5.41) is 5.16. The summed E-state index contributed by atoms with van der Waals surface area (Å²) in [6.45, 7) is 11.9. The average Bonchev–Trinajstić information content (AvgIpc) is 2.01. The Labute approximate surface area is 85.4 Å². The molecule has 0 aromatic carbocycles. The number of nitrogens with one attached hydrogen (secondary N) is 1. The van der Waals surface area contributed by atoms with Crippen molar-refractivity contribution in [2.45, 2.75) is 36.8 Å². The van der Waals surface area contributed by atoms with Gasteiger partial charge in [0.2, 0.25) is 0 Å². The quantitative estimate of drug-likeness (QED) is 0.632. The predicted molar refractivity (Wildman–Crippen MR) is 59.4 cm³/mol. The molecule has 2 aliphatic rings. The molecule has 2 nitrogen and oxygen atoms in total. The van der Waals surface area contributed by atoms with Gasteiger partial charge in [-0.15, -0.1) is 11.8 Å². The molecule has 3 heteroatoms. The molecule has 13 heavy (non-hydrogen) atoms. The molecule has 0 saturated carbocycles. The molecule has 2 fully saturated rings. The zero-order chi connectivity index (χ0) is 9.47. The topological polar surface area (TPSA) is 15.3 Å². The summed E-state index contributed by atoms with van der Waals surface area (Å²) in [4.78, 5) is 2.64. The first-order valence-electron chi connectivity index (χ1n) is 5.17. The predicted octanol–water partition coefficient (Wildman–Crippen LogP) is 1.17. The fourth-order valence-electron chi connectivity index (χ4n) is 2.10. The first kappa shape index (κ1) is 9.81. The SMILES string of the molecule is CC(C)(C)N1CC2CNCC(C1)S2. The number of rotatable bonds is 0. The Balaban J connectivity index is 2.01. The van der Waals surface area contributed by atoms with Crippen molar-refractivity contribution in [1.29, 1.82) is 0 Å². The van der Waals surface area contributed by atoms with E-state index in [4.69, 9.17) is 0 Å². The Morgan fingerprint density at radius 1 is 1.15 bits per heavy atom. The van der Waals surface area contributed by atoms with E-state index in [1.807, 2.05) is 0 Å². The van der Waals surface area contributed by atoms with Gasteiger partial charge in [-0.1, -0.05) is 0 Å². The fraction of sp³-hybridized carbons (Fsp3) is 1.00. The molecule has 0 spiro atoms. The van der Waals surface area contributed by atoms with Crippen LogP contribution in [0.15, 0.2) is 0 Å². The number of fused-ring (bicyclic) bond motifs is 2. The van der Waals surface area contributed by atoms with Crippen LogP contribution in [0.25, 0.3) is 0 Å². The van der Waals surface area contributed by atoms with Crippen LogP contribution in [0.3, 0.4) is 0 Å². The van der Waals surface area contributed by atoms with Crippen LogP contribution >= 0.6 is 11.8 Å². The van der Waals surface area contributed by atoms with Crippen molar-refractivity contribution in [1.82, 2.24) is 10.2 Å². The third-order valence-corrected chi connectivity index (χ3v) is 4.33. The van der Waals surface area contributed by atoms with Gasteiger partial charge in [0.1, 0.15) is 0 Å². The second kappa shape index (κ2) is 3.44. The van der Waals surface area contributed by atoms with Crippen molar-refractivity contribution < 1.29 is 0 Å². The highest BCUT2D eigenvalue weighted by Gasteiger charge is 2.35. The van der Waals surface area contributed by atoms with E-state index in [1.165, 1.54) is 26.2 Å². The Morgan fingerprint density at radius 3 is 2.15 bits per heavy atom. The molecule has 0 amide bonds. The highest BCUT2D eigenvalue weighted by molar-refractivity contribution is 8.00. The number of hydrogen-bond acceptors (Lipinski definition) is 3. The van der Waals surface area contributed by atoms with Gasteiger partial charge in [0.25, 0.3) is 0 Å². The monoisotopic (exact) mass is 200 g/mol. The summed E-state index contributed by atoms with van der Waals surface area (Å²) in [5.41, 5.74) is 0.356. The number of nitrogens with zero attached hydrogens (tertiary/aromatic N) is 1. The van der Waals surface area contributed by atoms with Gasteiger partial charge in [0.05, 0.1) is 0 Å². The summed E-state index contributed by atoms with van der Waals surface area (Å²) in [6, 6.07) is 0. The minimum Gasteiger partial charge on any atom is -0.314 e. The van der Waals surface area contributed by atoms with E-state index in [0.29, 0.717) is 5.54 Å². The van der Waals surface area contributed by atoms with Crippen LogP contribution in [-0.4, -0.2) is 47.1 Å². The van der Waals surface area contributed by atoms with Crippen molar-refractivity contribution in [2.24, 2.45) is 0 Å². The molecule has 0 radical (unpaired) electrons. The maximum atomic E-state index is 3.51. The molecule has 1 N–H and O–H groups in total. The van der Waals surface area contributed by atoms with Gasteiger partial charge in [-0.05, 0) is 20.8 Å². The third-order valence-electron chi connectivity index (χ3n) is 2.93. The molecule has 2 rings (SSSR count). The molecule has 2 heterocycles. The standard InChI is InChI=1S/C10H20N2S/c1-10(2,3)12-6-8-4-11-5-9(7-12)13-8/h8-9,11H,4-7H2,1-3H3. The van der Waals surface area contributed by atoms with Gasteiger partial charge in [-0.25, -0.2) is 0 Å². The Morgan fingerprint density at radius 2 is 1.69 bits per heavy atom. The Bertz CT molecular complexity index is 176. The van der Waals surface area contributed by atoms with E-state index in [1.54, 1.807) is 0 Å². The van der Waals surface area contributed by atoms with Crippen LogP contribution in [0.4, 0.5) is 0 Å².